The molecule has 0 aromatic rings. The Morgan fingerprint density at radius 3 is 1.84 bits per heavy atom. The van der Waals surface area contributed by atoms with Gasteiger partial charge in [0.2, 0.25) is 0 Å². The van der Waals surface area contributed by atoms with Gasteiger partial charge in [-0.05, 0) is 6.42 Å². The van der Waals surface area contributed by atoms with Crippen LogP contribution in [0.3, 0.4) is 0 Å². The molecule has 5 unspecified atom stereocenters. The largest absolute Gasteiger partial charge is 0.464 e. The Morgan fingerprint density at radius 2 is 1.31 bits per heavy atom. The van der Waals surface area contributed by atoms with Gasteiger partial charge < -0.3 is 33.2 Å². The number of hydrogen-bond acceptors (Lipinski definition) is 12. The van der Waals surface area contributed by atoms with Crippen LogP contribution in [-0.2, 0) is 57.1 Å². The molecule has 1 saturated heterocycles. The molecule has 12 nitrogen and oxygen atoms in total. The fourth-order valence-corrected chi connectivity index (χ4v) is 2.85. The third kappa shape index (κ3) is 9.60. The van der Waals surface area contributed by atoms with Gasteiger partial charge in [-0.3, -0.25) is 19.2 Å². The van der Waals surface area contributed by atoms with Crippen LogP contribution in [0.15, 0.2) is 0 Å². The van der Waals surface area contributed by atoms with Crippen LogP contribution >= 0.6 is 0 Å². The molecule has 1 aliphatic heterocycles. The van der Waals surface area contributed by atoms with Gasteiger partial charge in [0.05, 0.1) is 6.61 Å². The molecule has 0 aliphatic carbocycles. The lowest BCUT2D eigenvalue weighted by Crippen LogP contribution is -2.63. The standard InChI is InChI=1S/C20H30O12/c1-6-7-8-26-16(25)10-28-20-19(31-14(5)24)18(30-13(4)23)17(29-12(3)22)15(32-20)9-27-11(2)21/h15,17-20H,6-10H2,1-5H3. The molecule has 0 radical (unpaired) electrons. The van der Waals surface area contributed by atoms with E-state index >= 15 is 0 Å². The van der Waals surface area contributed by atoms with Crippen molar-refractivity contribution in [2.45, 2.75) is 78.2 Å². The van der Waals surface area contributed by atoms with Crippen molar-refractivity contribution in [1.82, 2.24) is 0 Å². The molecule has 0 aromatic heterocycles. The minimum atomic E-state index is -1.42. The zero-order valence-corrected chi connectivity index (χ0v) is 18.8. The predicted octanol–water partition coefficient (Wildman–Crippen LogP) is 0.429. The highest BCUT2D eigenvalue weighted by Gasteiger charge is 2.52. The summed E-state index contributed by atoms with van der Waals surface area (Å²) in [5, 5.41) is 0. The monoisotopic (exact) mass is 462 g/mol. The van der Waals surface area contributed by atoms with Crippen molar-refractivity contribution in [3.63, 3.8) is 0 Å². The second kappa shape index (κ2) is 13.6. The molecule has 0 amide bonds. The van der Waals surface area contributed by atoms with Crippen molar-refractivity contribution in [2.75, 3.05) is 19.8 Å². The minimum absolute atomic E-state index is 0.206. The van der Waals surface area contributed by atoms with Crippen molar-refractivity contribution < 1.29 is 57.1 Å². The van der Waals surface area contributed by atoms with Crippen molar-refractivity contribution >= 4 is 29.8 Å². The van der Waals surface area contributed by atoms with Gasteiger partial charge in [-0.2, -0.15) is 0 Å². The summed E-state index contributed by atoms with van der Waals surface area (Å²) in [6.45, 7) is 5.67. The van der Waals surface area contributed by atoms with Crippen LogP contribution < -0.4 is 0 Å². The van der Waals surface area contributed by atoms with Gasteiger partial charge in [-0.25, -0.2) is 4.79 Å². The Bertz CT molecular complexity index is 675. The lowest BCUT2D eigenvalue weighted by Gasteiger charge is -2.43. The number of hydrogen-bond donors (Lipinski definition) is 0. The van der Waals surface area contributed by atoms with Crippen molar-refractivity contribution in [3.8, 4) is 0 Å². The van der Waals surface area contributed by atoms with E-state index in [9.17, 15) is 24.0 Å². The number of carbonyl (C=O) groups excluding carboxylic acids is 5. The van der Waals surface area contributed by atoms with E-state index in [1.165, 1.54) is 0 Å². The van der Waals surface area contributed by atoms with E-state index in [-0.39, 0.29) is 6.61 Å². The maximum Gasteiger partial charge on any atom is 0.332 e. The van der Waals surface area contributed by atoms with E-state index in [4.69, 9.17) is 33.2 Å². The van der Waals surface area contributed by atoms with Crippen LogP contribution in [0, 0.1) is 0 Å². The number of unbranched alkanes of at least 4 members (excludes halogenated alkanes) is 1. The SMILES string of the molecule is CCCCOC(=O)COC1OC(COC(C)=O)C(OC(C)=O)C(OC(C)=O)C1OC(C)=O. The van der Waals surface area contributed by atoms with Crippen LogP contribution in [0.2, 0.25) is 0 Å². The Balaban J connectivity index is 3.15. The highest BCUT2D eigenvalue weighted by atomic mass is 16.7. The molecule has 0 bridgehead atoms. The molecule has 5 atom stereocenters. The summed E-state index contributed by atoms with van der Waals surface area (Å²) < 4.78 is 36.8. The number of esters is 5. The Hall–Kier alpha value is -2.73. The maximum absolute atomic E-state index is 11.9. The average molecular weight is 462 g/mol. The lowest BCUT2D eigenvalue weighted by atomic mass is 9.98. The molecule has 182 valence electrons. The first-order valence-corrected chi connectivity index (χ1v) is 10.1. The zero-order valence-electron chi connectivity index (χ0n) is 18.8. The van der Waals surface area contributed by atoms with Crippen LogP contribution in [0.25, 0.3) is 0 Å². The average Bonchev–Trinajstić information content (AvgIpc) is 2.67. The lowest BCUT2D eigenvalue weighted by molar-refractivity contribution is -0.307. The van der Waals surface area contributed by atoms with E-state index in [0.717, 1.165) is 34.1 Å². The molecule has 0 spiro atoms. The van der Waals surface area contributed by atoms with E-state index in [1.54, 1.807) is 0 Å². The topological polar surface area (TPSA) is 150 Å². The molecule has 1 aliphatic rings. The molecule has 0 aromatic carbocycles. The first kappa shape index (κ1) is 27.3. The summed E-state index contributed by atoms with van der Waals surface area (Å²) in [7, 11) is 0. The second-order valence-electron chi connectivity index (χ2n) is 6.95. The normalized spacial score (nSPS) is 24.7. The second-order valence-corrected chi connectivity index (χ2v) is 6.95. The van der Waals surface area contributed by atoms with Gasteiger partial charge in [0.15, 0.2) is 24.6 Å². The number of rotatable bonds is 11. The smallest absolute Gasteiger partial charge is 0.332 e. The van der Waals surface area contributed by atoms with E-state index in [0.29, 0.717) is 6.42 Å². The first-order chi connectivity index (χ1) is 15.0. The van der Waals surface area contributed by atoms with Crippen LogP contribution in [0.1, 0.15) is 47.5 Å². The van der Waals surface area contributed by atoms with E-state index in [1.807, 2.05) is 6.92 Å². The van der Waals surface area contributed by atoms with Crippen LogP contribution in [-0.4, -0.2) is 80.4 Å². The molecule has 32 heavy (non-hydrogen) atoms. The summed E-state index contributed by atoms with van der Waals surface area (Å²) in [4.78, 5) is 58.3. The van der Waals surface area contributed by atoms with Gasteiger partial charge in [0.1, 0.15) is 19.3 Å². The van der Waals surface area contributed by atoms with Gasteiger partial charge in [0.25, 0.3) is 0 Å². The predicted molar refractivity (Wildman–Crippen MR) is 104 cm³/mol. The molecular weight excluding hydrogens is 432 g/mol. The van der Waals surface area contributed by atoms with Crippen molar-refractivity contribution in [2.24, 2.45) is 0 Å². The van der Waals surface area contributed by atoms with Gasteiger partial charge in [0, 0.05) is 27.7 Å². The van der Waals surface area contributed by atoms with Crippen LogP contribution in [0.4, 0.5) is 0 Å². The summed E-state index contributed by atoms with van der Waals surface area (Å²) in [5.41, 5.74) is 0. The van der Waals surface area contributed by atoms with Crippen molar-refractivity contribution in [3.05, 3.63) is 0 Å². The minimum Gasteiger partial charge on any atom is -0.464 e. The highest BCUT2D eigenvalue weighted by molar-refractivity contribution is 5.71. The molecular formula is C20H30O12. The number of carbonyl (C=O) groups is 5. The highest BCUT2D eigenvalue weighted by Crippen LogP contribution is 2.30. The maximum atomic E-state index is 11.9. The van der Waals surface area contributed by atoms with Crippen molar-refractivity contribution in [1.29, 1.82) is 0 Å². The zero-order chi connectivity index (χ0) is 24.3. The fraction of sp³-hybridized carbons (Fsp3) is 0.750. The Labute approximate surface area is 185 Å². The quantitative estimate of drug-likeness (QED) is 0.238. The Morgan fingerprint density at radius 1 is 0.750 bits per heavy atom. The third-order valence-corrected chi connectivity index (χ3v) is 4.07. The van der Waals surface area contributed by atoms with Gasteiger partial charge in [-0.1, -0.05) is 13.3 Å². The van der Waals surface area contributed by atoms with Crippen LogP contribution in [0.5, 0.6) is 0 Å². The van der Waals surface area contributed by atoms with E-state index in [2.05, 4.69) is 0 Å². The fourth-order valence-electron chi connectivity index (χ4n) is 2.85. The molecule has 1 heterocycles. The molecule has 1 rings (SSSR count). The molecule has 0 saturated carbocycles. The Kier molecular flexibility index (Phi) is 11.6. The summed E-state index contributed by atoms with van der Waals surface area (Å²) in [5.74, 6) is -3.61. The molecule has 0 N–H and O–H groups in total. The summed E-state index contributed by atoms with van der Waals surface area (Å²) >= 11 is 0. The number of ether oxygens (including phenoxy) is 7. The first-order valence-electron chi connectivity index (χ1n) is 10.1. The third-order valence-electron chi connectivity index (χ3n) is 4.07. The summed E-state index contributed by atoms with van der Waals surface area (Å²) in [6.07, 6.45) is -5.13. The molecule has 12 heteroatoms. The van der Waals surface area contributed by atoms with Gasteiger partial charge >= 0.3 is 29.8 Å². The summed E-state index contributed by atoms with van der Waals surface area (Å²) in [6, 6.07) is 0. The van der Waals surface area contributed by atoms with E-state index < -0.39 is 73.8 Å². The molecule has 1 fully saturated rings. The van der Waals surface area contributed by atoms with Gasteiger partial charge in [-0.15, -0.1) is 0 Å².